The van der Waals surface area contributed by atoms with Gasteiger partial charge in [0.25, 0.3) is 0 Å². The van der Waals surface area contributed by atoms with Gasteiger partial charge in [0.1, 0.15) is 0 Å². The smallest absolute Gasteiger partial charge is 0.325 e. The number of anilines is 1. The lowest BCUT2D eigenvalue weighted by atomic mass is 10.1. The van der Waals surface area contributed by atoms with Crippen LogP contribution >= 0.6 is 0 Å². The van der Waals surface area contributed by atoms with E-state index in [0.29, 0.717) is 17.1 Å². The Kier molecular flexibility index (Phi) is 4.99. The van der Waals surface area contributed by atoms with Gasteiger partial charge in [0.15, 0.2) is 0 Å². The summed E-state index contributed by atoms with van der Waals surface area (Å²) in [5, 5.41) is 8.00. The van der Waals surface area contributed by atoms with Crippen molar-refractivity contribution in [2.24, 2.45) is 0 Å². The molecular formula is C22H17F3N4O. The number of carbonyl (C=O) groups excluding carboxylic acids is 1. The van der Waals surface area contributed by atoms with E-state index in [9.17, 15) is 18.0 Å². The lowest BCUT2D eigenvalue weighted by molar-refractivity contribution is -0.137. The van der Waals surface area contributed by atoms with Crippen molar-refractivity contribution < 1.29 is 18.0 Å². The van der Waals surface area contributed by atoms with Crippen LogP contribution in [0.25, 0.3) is 16.6 Å². The van der Waals surface area contributed by atoms with E-state index in [1.165, 1.54) is 10.7 Å². The molecule has 8 heteroatoms. The molecule has 4 aromatic rings. The number of hydrogen-bond donors (Lipinski definition) is 1. The van der Waals surface area contributed by atoms with Crippen molar-refractivity contribution in [3.05, 3.63) is 83.8 Å². The Hall–Kier alpha value is -3.68. The van der Waals surface area contributed by atoms with Crippen LogP contribution in [0.5, 0.6) is 0 Å². The van der Waals surface area contributed by atoms with Gasteiger partial charge >= 0.3 is 6.18 Å². The third kappa shape index (κ3) is 4.03. The number of alkyl halides is 3. The molecule has 0 fully saturated rings. The maximum atomic E-state index is 13.0. The van der Waals surface area contributed by atoms with E-state index >= 15 is 0 Å². The van der Waals surface area contributed by atoms with Crippen molar-refractivity contribution in [1.82, 2.24) is 14.8 Å². The molecule has 2 aromatic carbocycles. The van der Waals surface area contributed by atoms with E-state index in [2.05, 4.69) is 15.4 Å². The van der Waals surface area contributed by atoms with Gasteiger partial charge in [0.2, 0.25) is 5.91 Å². The standard InChI is InChI=1S/C22H17F3N4O/c1-14-11-16(28-29(14)17-6-2-5-15(12-17)22(23,24)25)13-21(30)27-20-9-3-8-19-18(20)7-4-10-26-19/h2-12H,13H2,1H3,(H,27,30). The number of aryl methyl sites for hydroxylation is 1. The van der Waals surface area contributed by atoms with Crippen LogP contribution in [-0.2, 0) is 17.4 Å². The summed E-state index contributed by atoms with van der Waals surface area (Å²) in [4.78, 5) is 16.8. The van der Waals surface area contributed by atoms with Gasteiger partial charge in [-0.3, -0.25) is 9.78 Å². The molecule has 0 spiro atoms. The second-order valence-corrected chi connectivity index (χ2v) is 6.84. The molecule has 0 unspecified atom stereocenters. The zero-order chi connectivity index (χ0) is 21.3. The largest absolute Gasteiger partial charge is 0.416 e. The predicted molar refractivity (Wildman–Crippen MR) is 107 cm³/mol. The highest BCUT2D eigenvalue weighted by atomic mass is 19.4. The van der Waals surface area contributed by atoms with Crippen LogP contribution in [0.4, 0.5) is 18.9 Å². The molecule has 1 N–H and O–H groups in total. The number of amides is 1. The zero-order valence-electron chi connectivity index (χ0n) is 15.9. The summed E-state index contributed by atoms with van der Waals surface area (Å²) in [7, 11) is 0. The summed E-state index contributed by atoms with van der Waals surface area (Å²) in [6.07, 6.45) is -2.77. The van der Waals surface area contributed by atoms with E-state index < -0.39 is 11.7 Å². The first kappa shape index (κ1) is 19.6. The molecule has 2 heterocycles. The minimum atomic E-state index is -4.44. The van der Waals surface area contributed by atoms with Crippen LogP contribution in [0.3, 0.4) is 0 Å². The molecular weight excluding hydrogens is 393 g/mol. The van der Waals surface area contributed by atoms with Crippen molar-refractivity contribution in [3.63, 3.8) is 0 Å². The first-order valence-corrected chi connectivity index (χ1v) is 9.18. The molecule has 152 valence electrons. The van der Waals surface area contributed by atoms with Gasteiger partial charge in [-0.1, -0.05) is 12.1 Å². The van der Waals surface area contributed by atoms with E-state index in [1.54, 1.807) is 43.5 Å². The Morgan fingerprint density at radius 2 is 1.87 bits per heavy atom. The first-order valence-electron chi connectivity index (χ1n) is 9.18. The number of carbonyl (C=O) groups is 1. The van der Waals surface area contributed by atoms with Gasteiger partial charge in [-0.15, -0.1) is 0 Å². The Morgan fingerprint density at radius 1 is 1.07 bits per heavy atom. The summed E-state index contributed by atoms with van der Waals surface area (Å²) >= 11 is 0. The molecule has 0 aliphatic carbocycles. The highest BCUT2D eigenvalue weighted by molar-refractivity contribution is 6.01. The van der Waals surface area contributed by atoms with Crippen molar-refractivity contribution in [1.29, 1.82) is 0 Å². The highest BCUT2D eigenvalue weighted by Crippen LogP contribution is 2.30. The maximum Gasteiger partial charge on any atom is 0.416 e. The highest BCUT2D eigenvalue weighted by Gasteiger charge is 2.30. The van der Waals surface area contributed by atoms with Crippen molar-refractivity contribution in [3.8, 4) is 5.69 Å². The normalized spacial score (nSPS) is 11.6. The topological polar surface area (TPSA) is 59.8 Å². The molecule has 0 bridgehead atoms. The Labute approximate surface area is 170 Å². The predicted octanol–water partition coefficient (Wildman–Crippen LogP) is 4.93. The van der Waals surface area contributed by atoms with Gasteiger partial charge < -0.3 is 5.32 Å². The number of rotatable bonds is 4. The third-order valence-corrected chi connectivity index (χ3v) is 4.62. The Balaban J connectivity index is 1.55. The second kappa shape index (κ2) is 7.62. The summed E-state index contributed by atoms with van der Waals surface area (Å²) in [5.74, 6) is -0.278. The van der Waals surface area contributed by atoms with Gasteiger partial charge in [-0.05, 0) is 55.5 Å². The minimum Gasteiger partial charge on any atom is -0.325 e. The van der Waals surface area contributed by atoms with Gasteiger partial charge in [-0.25, -0.2) is 4.68 Å². The fourth-order valence-electron chi connectivity index (χ4n) is 3.27. The summed E-state index contributed by atoms with van der Waals surface area (Å²) < 4.78 is 40.4. The van der Waals surface area contributed by atoms with Crippen LogP contribution in [0.15, 0.2) is 66.9 Å². The molecule has 5 nitrogen and oxygen atoms in total. The fourth-order valence-corrected chi connectivity index (χ4v) is 3.27. The Bertz CT molecular complexity index is 1230. The number of nitrogens with zero attached hydrogens (tertiary/aromatic N) is 3. The molecule has 0 aliphatic heterocycles. The van der Waals surface area contributed by atoms with E-state index in [-0.39, 0.29) is 18.0 Å². The number of fused-ring (bicyclic) bond motifs is 1. The van der Waals surface area contributed by atoms with Crippen LogP contribution in [-0.4, -0.2) is 20.7 Å². The average molecular weight is 410 g/mol. The second-order valence-electron chi connectivity index (χ2n) is 6.84. The fraction of sp³-hybridized carbons (Fsp3) is 0.136. The maximum absolute atomic E-state index is 13.0. The molecule has 0 saturated carbocycles. The van der Waals surface area contributed by atoms with E-state index in [4.69, 9.17) is 0 Å². The lowest BCUT2D eigenvalue weighted by Gasteiger charge is -2.10. The lowest BCUT2D eigenvalue weighted by Crippen LogP contribution is -2.15. The average Bonchev–Trinajstić information content (AvgIpc) is 3.07. The minimum absolute atomic E-state index is 0.0105. The summed E-state index contributed by atoms with van der Waals surface area (Å²) in [6, 6.07) is 15.7. The summed E-state index contributed by atoms with van der Waals surface area (Å²) in [6.45, 7) is 1.73. The van der Waals surface area contributed by atoms with Crippen molar-refractivity contribution in [2.45, 2.75) is 19.5 Å². The van der Waals surface area contributed by atoms with Gasteiger partial charge in [0, 0.05) is 17.3 Å². The van der Waals surface area contributed by atoms with Crippen LogP contribution < -0.4 is 5.32 Å². The van der Waals surface area contributed by atoms with Crippen LogP contribution in [0.1, 0.15) is 17.0 Å². The van der Waals surface area contributed by atoms with Crippen LogP contribution in [0, 0.1) is 6.92 Å². The zero-order valence-corrected chi connectivity index (χ0v) is 15.9. The van der Waals surface area contributed by atoms with E-state index in [0.717, 1.165) is 23.0 Å². The number of halogens is 3. The van der Waals surface area contributed by atoms with Crippen molar-refractivity contribution >= 4 is 22.5 Å². The first-order chi connectivity index (χ1) is 14.3. The molecule has 4 rings (SSSR count). The monoisotopic (exact) mass is 410 g/mol. The Morgan fingerprint density at radius 3 is 2.67 bits per heavy atom. The third-order valence-electron chi connectivity index (χ3n) is 4.62. The van der Waals surface area contributed by atoms with Crippen molar-refractivity contribution in [2.75, 3.05) is 5.32 Å². The summed E-state index contributed by atoms with van der Waals surface area (Å²) in [5.41, 5.74) is 2.03. The number of hydrogen-bond acceptors (Lipinski definition) is 3. The SMILES string of the molecule is Cc1cc(CC(=O)Nc2cccc3ncccc23)nn1-c1cccc(C(F)(F)F)c1. The molecule has 0 atom stereocenters. The molecule has 0 saturated heterocycles. The quantitative estimate of drug-likeness (QED) is 0.519. The molecule has 0 aliphatic rings. The number of aromatic nitrogens is 3. The van der Waals surface area contributed by atoms with E-state index in [1.807, 2.05) is 12.1 Å². The van der Waals surface area contributed by atoms with Crippen LogP contribution in [0.2, 0.25) is 0 Å². The molecule has 0 radical (unpaired) electrons. The molecule has 30 heavy (non-hydrogen) atoms. The number of pyridine rings is 1. The number of nitrogens with one attached hydrogen (secondary N) is 1. The van der Waals surface area contributed by atoms with Gasteiger partial charge in [0.05, 0.1) is 34.6 Å². The molecule has 2 aromatic heterocycles. The van der Waals surface area contributed by atoms with Gasteiger partial charge in [-0.2, -0.15) is 18.3 Å². The number of benzene rings is 2. The molecule has 1 amide bonds.